The van der Waals surface area contributed by atoms with Crippen LogP contribution in [0.5, 0.6) is 5.75 Å². The standard InChI is InChI=1S/C27H32N4O3S/c1-20(34-25-5-3-4-22(14-25)17-30(2)18-23-10-13-35-19-23)16-29-26(32)15-21-6-8-24(9-7-21)31-12-11-28-27(31)33/h3-10,13-14,19-20H,11-12,15-18H2,1-2H3,(H,28,33)(H,29,32)/t20-/m0/s1. The maximum atomic E-state index is 12.4. The predicted molar refractivity (Wildman–Crippen MR) is 140 cm³/mol. The number of amides is 3. The number of urea groups is 1. The Hall–Kier alpha value is -3.36. The molecule has 0 spiro atoms. The molecule has 184 valence electrons. The molecule has 1 aliphatic heterocycles. The molecule has 35 heavy (non-hydrogen) atoms. The normalized spacial score (nSPS) is 14.1. The summed E-state index contributed by atoms with van der Waals surface area (Å²) in [4.78, 5) is 28.2. The fourth-order valence-electron chi connectivity index (χ4n) is 4.07. The lowest BCUT2D eigenvalue weighted by molar-refractivity contribution is -0.120. The molecular formula is C27H32N4O3S. The molecule has 0 bridgehead atoms. The lowest BCUT2D eigenvalue weighted by Crippen LogP contribution is -2.34. The fraction of sp³-hybridized carbons (Fsp3) is 0.333. The Morgan fingerprint density at radius 1 is 1.14 bits per heavy atom. The van der Waals surface area contributed by atoms with Crippen molar-refractivity contribution in [2.75, 3.05) is 31.6 Å². The van der Waals surface area contributed by atoms with Gasteiger partial charge in [0.1, 0.15) is 11.9 Å². The molecule has 0 unspecified atom stereocenters. The highest BCUT2D eigenvalue weighted by molar-refractivity contribution is 7.07. The molecule has 1 atom stereocenters. The zero-order valence-electron chi connectivity index (χ0n) is 20.2. The molecule has 0 radical (unpaired) electrons. The summed E-state index contributed by atoms with van der Waals surface area (Å²) in [6.45, 7) is 5.43. The monoisotopic (exact) mass is 492 g/mol. The first-order valence-corrected chi connectivity index (χ1v) is 12.8. The minimum atomic E-state index is -0.159. The summed E-state index contributed by atoms with van der Waals surface area (Å²) in [6.07, 6.45) is 0.124. The molecule has 3 aromatic rings. The molecule has 1 aliphatic rings. The highest BCUT2D eigenvalue weighted by Gasteiger charge is 2.20. The minimum Gasteiger partial charge on any atom is -0.489 e. The van der Waals surface area contributed by atoms with Crippen molar-refractivity contribution in [2.24, 2.45) is 0 Å². The number of rotatable bonds is 11. The van der Waals surface area contributed by atoms with E-state index >= 15 is 0 Å². The van der Waals surface area contributed by atoms with E-state index in [0.717, 1.165) is 30.1 Å². The molecule has 1 fully saturated rings. The molecule has 7 nitrogen and oxygen atoms in total. The van der Waals surface area contributed by atoms with Gasteiger partial charge in [-0.15, -0.1) is 0 Å². The minimum absolute atomic E-state index is 0.0593. The Bertz CT molecular complexity index is 1120. The Labute approximate surface area is 210 Å². The van der Waals surface area contributed by atoms with E-state index in [1.807, 2.05) is 43.3 Å². The summed E-state index contributed by atoms with van der Waals surface area (Å²) >= 11 is 1.72. The highest BCUT2D eigenvalue weighted by Crippen LogP contribution is 2.19. The van der Waals surface area contributed by atoms with Crippen LogP contribution < -0.4 is 20.3 Å². The van der Waals surface area contributed by atoms with Gasteiger partial charge >= 0.3 is 6.03 Å². The van der Waals surface area contributed by atoms with Crippen LogP contribution in [0.3, 0.4) is 0 Å². The van der Waals surface area contributed by atoms with E-state index in [1.165, 1.54) is 11.1 Å². The number of hydrogen-bond donors (Lipinski definition) is 2. The van der Waals surface area contributed by atoms with Gasteiger partial charge in [-0.3, -0.25) is 14.6 Å². The molecule has 0 aliphatic carbocycles. The number of nitrogens with zero attached hydrogens (tertiary/aromatic N) is 2. The summed E-state index contributed by atoms with van der Waals surface area (Å²) in [6, 6.07) is 17.7. The quantitative estimate of drug-likeness (QED) is 0.424. The van der Waals surface area contributed by atoms with Gasteiger partial charge in [0.25, 0.3) is 0 Å². The van der Waals surface area contributed by atoms with E-state index in [1.54, 1.807) is 16.2 Å². The van der Waals surface area contributed by atoms with Crippen LogP contribution in [0, 0.1) is 0 Å². The van der Waals surface area contributed by atoms with Crippen molar-refractivity contribution in [2.45, 2.75) is 32.5 Å². The summed E-state index contributed by atoms with van der Waals surface area (Å²) in [5.41, 5.74) is 4.25. The number of carbonyl (C=O) groups is 2. The van der Waals surface area contributed by atoms with Crippen molar-refractivity contribution in [1.82, 2.24) is 15.5 Å². The summed E-state index contributed by atoms with van der Waals surface area (Å²) in [7, 11) is 2.11. The van der Waals surface area contributed by atoms with Crippen LogP contribution in [0.15, 0.2) is 65.4 Å². The van der Waals surface area contributed by atoms with E-state index in [-0.39, 0.29) is 24.5 Å². The van der Waals surface area contributed by atoms with Crippen molar-refractivity contribution in [3.8, 4) is 5.75 Å². The average Bonchev–Trinajstić information content (AvgIpc) is 3.50. The summed E-state index contributed by atoms with van der Waals surface area (Å²) in [5.74, 6) is 0.741. The molecule has 2 aromatic carbocycles. The van der Waals surface area contributed by atoms with E-state index in [2.05, 4.69) is 51.5 Å². The third-order valence-electron chi connectivity index (χ3n) is 5.78. The smallest absolute Gasteiger partial charge is 0.321 e. The molecular weight excluding hydrogens is 460 g/mol. The lowest BCUT2D eigenvalue weighted by atomic mass is 10.1. The second-order valence-corrected chi connectivity index (χ2v) is 9.69. The topological polar surface area (TPSA) is 73.9 Å². The Kier molecular flexibility index (Phi) is 8.39. The maximum Gasteiger partial charge on any atom is 0.321 e. The third kappa shape index (κ3) is 7.31. The first kappa shape index (κ1) is 24.8. The Balaban J connectivity index is 1.21. The van der Waals surface area contributed by atoms with E-state index in [9.17, 15) is 9.59 Å². The molecule has 8 heteroatoms. The van der Waals surface area contributed by atoms with Crippen molar-refractivity contribution >= 4 is 29.0 Å². The number of thiophene rings is 1. The zero-order valence-corrected chi connectivity index (χ0v) is 21.0. The van der Waals surface area contributed by atoms with Gasteiger partial charge in [0.2, 0.25) is 5.91 Å². The first-order chi connectivity index (χ1) is 17.0. The van der Waals surface area contributed by atoms with Crippen LogP contribution in [0.2, 0.25) is 0 Å². The number of hydrogen-bond acceptors (Lipinski definition) is 5. The Morgan fingerprint density at radius 3 is 2.66 bits per heavy atom. The zero-order chi connectivity index (χ0) is 24.6. The summed E-state index contributed by atoms with van der Waals surface area (Å²) in [5, 5.41) is 10.0. The predicted octanol–water partition coefficient (Wildman–Crippen LogP) is 4.04. The molecule has 2 N–H and O–H groups in total. The van der Waals surface area contributed by atoms with Crippen molar-refractivity contribution in [3.05, 3.63) is 82.0 Å². The van der Waals surface area contributed by atoms with Gasteiger partial charge < -0.3 is 15.4 Å². The van der Waals surface area contributed by atoms with Crippen LogP contribution in [-0.4, -0.2) is 49.6 Å². The number of nitrogens with one attached hydrogen (secondary N) is 2. The number of carbonyl (C=O) groups excluding carboxylic acids is 2. The second kappa shape index (κ2) is 11.9. The molecule has 3 amide bonds. The van der Waals surface area contributed by atoms with Crippen LogP contribution in [0.1, 0.15) is 23.6 Å². The van der Waals surface area contributed by atoms with Gasteiger partial charge in [0.05, 0.1) is 13.0 Å². The fourth-order valence-corrected chi connectivity index (χ4v) is 4.73. The van der Waals surface area contributed by atoms with Crippen molar-refractivity contribution < 1.29 is 14.3 Å². The lowest BCUT2D eigenvalue weighted by Gasteiger charge is -2.18. The molecule has 1 saturated heterocycles. The summed E-state index contributed by atoms with van der Waals surface area (Å²) < 4.78 is 6.05. The number of ether oxygens (including phenoxy) is 1. The van der Waals surface area contributed by atoms with Gasteiger partial charge in [-0.1, -0.05) is 24.3 Å². The van der Waals surface area contributed by atoms with Crippen LogP contribution in [0.4, 0.5) is 10.5 Å². The van der Waals surface area contributed by atoms with Gasteiger partial charge in [-0.05, 0) is 71.8 Å². The number of anilines is 1. The molecule has 0 saturated carbocycles. The molecule has 1 aromatic heterocycles. The van der Waals surface area contributed by atoms with E-state index in [4.69, 9.17) is 4.74 Å². The first-order valence-electron chi connectivity index (χ1n) is 11.8. The van der Waals surface area contributed by atoms with E-state index < -0.39 is 0 Å². The van der Waals surface area contributed by atoms with Crippen LogP contribution in [0.25, 0.3) is 0 Å². The van der Waals surface area contributed by atoms with Gasteiger partial charge in [-0.25, -0.2) is 4.79 Å². The van der Waals surface area contributed by atoms with Crippen LogP contribution >= 0.6 is 11.3 Å². The Morgan fingerprint density at radius 2 is 1.94 bits per heavy atom. The van der Waals surface area contributed by atoms with Gasteiger partial charge in [-0.2, -0.15) is 11.3 Å². The van der Waals surface area contributed by atoms with Crippen molar-refractivity contribution in [1.29, 1.82) is 0 Å². The highest BCUT2D eigenvalue weighted by atomic mass is 32.1. The van der Waals surface area contributed by atoms with Crippen molar-refractivity contribution in [3.63, 3.8) is 0 Å². The molecule has 2 heterocycles. The third-order valence-corrected chi connectivity index (χ3v) is 6.51. The second-order valence-electron chi connectivity index (χ2n) is 8.91. The average molecular weight is 493 g/mol. The van der Waals surface area contributed by atoms with E-state index in [0.29, 0.717) is 19.6 Å². The maximum absolute atomic E-state index is 12.4. The SMILES string of the molecule is C[C@@H](CNC(=O)Cc1ccc(N2CCNC2=O)cc1)Oc1cccc(CN(C)Cc2ccsc2)c1. The van der Waals surface area contributed by atoms with Crippen LogP contribution in [-0.2, 0) is 24.3 Å². The number of benzene rings is 2. The van der Waals surface area contributed by atoms with Gasteiger partial charge in [0.15, 0.2) is 0 Å². The van der Waals surface area contributed by atoms with Gasteiger partial charge in [0, 0.05) is 31.9 Å². The molecule has 4 rings (SSSR count). The largest absolute Gasteiger partial charge is 0.489 e.